The Kier molecular flexibility index (Phi) is 4.60. The number of fused-ring (bicyclic) bond motifs is 3. The Bertz CT molecular complexity index is 1180. The van der Waals surface area contributed by atoms with Gasteiger partial charge in [-0.15, -0.1) is 11.3 Å². The molecule has 6 nitrogen and oxygen atoms in total. The van der Waals surface area contributed by atoms with E-state index in [1.807, 2.05) is 24.3 Å². The van der Waals surface area contributed by atoms with Gasteiger partial charge in [0.15, 0.2) is 9.84 Å². The molecule has 4 rings (SSSR count). The second kappa shape index (κ2) is 6.96. The predicted octanol–water partition coefficient (Wildman–Crippen LogP) is 4.06. The molecular weight excluding hydrogens is 398 g/mol. The van der Waals surface area contributed by atoms with Gasteiger partial charge in [0.1, 0.15) is 18.1 Å². The molecule has 0 bridgehead atoms. The van der Waals surface area contributed by atoms with Crippen molar-refractivity contribution in [2.45, 2.75) is 18.4 Å². The minimum atomic E-state index is -3.45. The molecular formula is C20H17NO5S2. The monoisotopic (exact) mass is 415 g/mol. The molecule has 1 aromatic heterocycles. The van der Waals surface area contributed by atoms with E-state index in [4.69, 9.17) is 4.74 Å². The largest absolute Gasteiger partial charge is 0.506 e. The van der Waals surface area contributed by atoms with Gasteiger partial charge < -0.3 is 15.2 Å². The molecule has 144 valence electrons. The van der Waals surface area contributed by atoms with Gasteiger partial charge in [-0.05, 0) is 36.4 Å². The fourth-order valence-corrected chi connectivity index (χ4v) is 4.97. The van der Waals surface area contributed by atoms with Gasteiger partial charge in [0.05, 0.1) is 21.2 Å². The van der Waals surface area contributed by atoms with Crippen LogP contribution in [0, 0.1) is 0 Å². The summed E-state index contributed by atoms with van der Waals surface area (Å²) in [4.78, 5) is 14.2. The molecule has 0 saturated heterocycles. The number of para-hydroxylation sites is 1. The normalized spacial score (nSPS) is 12.6. The minimum Gasteiger partial charge on any atom is -0.506 e. The number of ether oxygens (including phenoxy) is 1. The maximum absolute atomic E-state index is 12.7. The summed E-state index contributed by atoms with van der Waals surface area (Å²) < 4.78 is 29.8. The highest BCUT2D eigenvalue weighted by Crippen LogP contribution is 2.42. The van der Waals surface area contributed by atoms with E-state index in [0.717, 1.165) is 21.8 Å². The number of nitrogens with one attached hydrogen (secondary N) is 1. The Morgan fingerprint density at radius 1 is 1.21 bits per heavy atom. The van der Waals surface area contributed by atoms with Crippen molar-refractivity contribution in [3.63, 3.8) is 0 Å². The predicted molar refractivity (Wildman–Crippen MR) is 108 cm³/mol. The average Bonchev–Trinajstić information content (AvgIpc) is 3.14. The lowest BCUT2D eigenvalue weighted by atomic mass is 10.1. The van der Waals surface area contributed by atoms with Gasteiger partial charge in [0.2, 0.25) is 0 Å². The number of carbonyl (C=O) groups is 1. The molecule has 0 radical (unpaired) electrons. The van der Waals surface area contributed by atoms with Crippen molar-refractivity contribution in [3.8, 4) is 21.9 Å². The lowest BCUT2D eigenvalue weighted by Crippen LogP contribution is -2.11. The summed E-state index contributed by atoms with van der Waals surface area (Å²) in [6, 6.07) is 13.3. The number of thiophene rings is 1. The van der Waals surface area contributed by atoms with Crippen molar-refractivity contribution in [1.29, 1.82) is 0 Å². The van der Waals surface area contributed by atoms with Crippen LogP contribution in [0.25, 0.3) is 10.4 Å². The minimum absolute atomic E-state index is 0.0518. The van der Waals surface area contributed by atoms with Crippen LogP contribution < -0.4 is 10.1 Å². The van der Waals surface area contributed by atoms with Crippen molar-refractivity contribution < 1.29 is 23.1 Å². The number of hydrogen-bond acceptors (Lipinski definition) is 6. The third kappa shape index (κ3) is 3.25. The molecule has 2 aromatic carbocycles. The zero-order chi connectivity index (χ0) is 19.9. The number of phenols is 1. The topological polar surface area (TPSA) is 92.7 Å². The van der Waals surface area contributed by atoms with Crippen molar-refractivity contribution in [3.05, 3.63) is 59.0 Å². The number of benzene rings is 2. The first-order valence-electron chi connectivity index (χ1n) is 8.61. The lowest BCUT2D eigenvalue weighted by molar-refractivity contribution is 0.103. The molecule has 2 N–H and O–H groups in total. The van der Waals surface area contributed by atoms with Crippen LogP contribution in [0.5, 0.6) is 11.5 Å². The first-order valence-corrected chi connectivity index (χ1v) is 11.1. The van der Waals surface area contributed by atoms with Crippen LogP contribution in [0.4, 0.5) is 5.69 Å². The van der Waals surface area contributed by atoms with E-state index in [-0.39, 0.29) is 22.1 Å². The van der Waals surface area contributed by atoms with Gasteiger partial charge in [-0.1, -0.05) is 19.1 Å². The van der Waals surface area contributed by atoms with Gasteiger partial charge in [-0.25, -0.2) is 8.42 Å². The van der Waals surface area contributed by atoms with Gasteiger partial charge >= 0.3 is 0 Å². The van der Waals surface area contributed by atoms with Gasteiger partial charge in [0, 0.05) is 16.0 Å². The van der Waals surface area contributed by atoms with E-state index in [1.165, 1.54) is 36.5 Å². The third-order valence-electron chi connectivity index (χ3n) is 4.50. The lowest BCUT2D eigenvalue weighted by Gasteiger charge is -2.16. The van der Waals surface area contributed by atoms with Crippen molar-refractivity contribution in [2.24, 2.45) is 0 Å². The van der Waals surface area contributed by atoms with Gasteiger partial charge in [0.25, 0.3) is 5.91 Å². The first kappa shape index (κ1) is 18.5. The number of rotatable bonds is 4. The van der Waals surface area contributed by atoms with E-state index < -0.39 is 15.7 Å². The molecule has 8 heteroatoms. The summed E-state index contributed by atoms with van der Waals surface area (Å²) in [7, 11) is -3.45. The maximum Gasteiger partial charge on any atom is 0.265 e. The molecule has 0 unspecified atom stereocenters. The summed E-state index contributed by atoms with van der Waals surface area (Å²) in [5, 5.41) is 12.6. The summed E-state index contributed by atoms with van der Waals surface area (Å²) in [6.07, 6.45) is 0. The van der Waals surface area contributed by atoms with Crippen LogP contribution in [-0.4, -0.2) is 25.2 Å². The average molecular weight is 415 g/mol. The molecule has 0 spiro atoms. The van der Waals surface area contributed by atoms with Crippen LogP contribution in [0.15, 0.2) is 53.4 Å². The second-order valence-electron chi connectivity index (χ2n) is 6.29. The Labute approximate surface area is 166 Å². The van der Waals surface area contributed by atoms with E-state index in [0.29, 0.717) is 11.5 Å². The number of amides is 1. The zero-order valence-corrected chi connectivity index (χ0v) is 16.6. The smallest absolute Gasteiger partial charge is 0.265 e. The molecule has 1 amide bonds. The maximum atomic E-state index is 12.7. The van der Waals surface area contributed by atoms with Crippen LogP contribution in [0.3, 0.4) is 0 Å². The molecule has 0 atom stereocenters. The van der Waals surface area contributed by atoms with Gasteiger partial charge in [-0.2, -0.15) is 0 Å². The van der Waals surface area contributed by atoms with Crippen LogP contribution >= 0.6 is 11.3 Å². The Morgan fingerprint density at radius 2 is 2.00 bits per heavy atom. The molecule has 0 fully saturated rings. The number of carbonyl (C=O) groups excluding carboxylic acids is 1. The van der Waals surface area contributed by atoms with E-state index >= 15 is 0 Å². The summed E-state index contributed by atoms with van der Waals surface area (Å²) in [6.45, 7) is 1.92. The van der Waals surface area contributed by atoms with Crippen molar-refractivity contribution in [2.75, 3.05) is 11.1 Å². The molecule has 0 aliphatic carbocycles. The number of hydrogen-bond donors (Lipinski definition) is 2. The highest BCUT2D eigenvalue weighted by molar-refractivity contribution is 7.91. The summed E-state index contributed by atoms with van der Waals surface area (Å²) in [5.41, 5.74) is 1.91. The highest BCUT2D eigenvalue weighted by Gasteiger charge is 2.23. The summed E-state index contributed by atoms with van der Waals surface area (Å²) >= 11 is 1.33. The first-order chi connectivity index (χ1) is 13.4. The molecule has 2 heterocycles. The Morgan fingerprint density at radius 3 is 2.79 bits per heavy atom. The fourth-order valence-electron chi connectivity index (χ4n) is 2.97. The Hall–Kier alpha value is -2.84. The van der Waals surface area contributed by atoms with Gasteiger partial charge in [-0.3, -0.25) is 4.79 Å². The second-order valence-corrected chi connectivity index (χ2v) is 9.62. The van der Waals surface area contributed by atoms with Crippen molar-refractivity contribution in [1.82, 2.24) is 0 Å². The standard InChI is InChI=1S/C20H17NO5S2/c1-2-28(24,25)13-7-8-16(22)15(10-13)21-20(23)18-9-12-11-26-17-6-4-3-5-14(17)19(12)27-18/h3-10,22H,2,11H2,1H3,(H,21,23). The van der Waals surface area contributed by atoms with Crippen LogP contribution in [-0.2, 0) is 16.4 Å². The Balaban J connectivity index is 1.65. The number of anilines is 1. The zero-order valence-electron chi connectivity index (χ0n) is 14.9. The van der Waals surface area contributed by atoms with E-state index in [9.17, 15) is 18.3 Å². The SMILES string of the molecule is CCS(=O)(=O)c1ccc(O)c(NC(=O)c2cc3c(s2)-c2ccccc2OC3)c1. The quantitative estimate of drug-likeness (QED) is 0.627. The highest BCUT2D eigenvalue weighted by atomic mass is 32.2. The molecule has 0 saturated carbocycles. The van der Waals surface area contributed by atoms with Crippen LogP contribution in [0.2, 0.25) is 0 Å². The molecule has 3 aromatic rings. The molecule has 28 heavy (non-hydrogen) atoms. The number of sulfone groups is 1. The molecule has 1 aliphatic rings. The summed E-state index contributed by atoms with van der Waals surface area (Å²) in [5.74, 6) is 0.0953. The third-order valence-corrected chi connectivity index (χ3v) is 7.44. The van der Waals surface area contributed by atoms with Crippen molar-refractivity contribution >= 4 is 32.8 Å². The van der Waals surface area contributed by atoms with E-state index in [2.05, 4.69) is 5.32 Å². The number of phenolic OH excluding ortho intramolecular Hbond substituents is 1. The van der Waals surface area contributed by atoms with Crippen LogP contribution in [0.1, 0.15) is 22.2 Å². The number of aromatic hydroxyl groups is 1. The molecule has 1 aliphatic heterocycles. The fraction of sp³-hybridized carbons (Fsp3) is 0.150. The van der Waals surface area contributed by atoms with E-state index in [1.54, 1.807) is 6.07 Å².